The van der Waals surface area contributed by atoms with E-state index in [2.05, 4.69) is 29.0 Å². The molecular formula is C23H31ClN4O2S. The summed E-state index contributed by atoms with van der Waals surface area (Å²) in [6, 6.07) is 5.45. The molecule has 1 aromatic carbocycles. The van der Waals surface area contributed by atoms with Gasteiger partial charge in [0.25, 0.3) is 0 Å². The fourth-order valence-corrected chi connectivity index (χ4v) is 4.99. The summed E-state index contributed by atoms with van der Waals surface area (Å²) in [5, 5.41) is 4.19. The van der Waals surface area contributed by atoms with Crippen LogP contribution in [0.15, 0.2) is 28.0 Å². The van der Waals surface area contributed by atoms with Crippen molar-refractivity contribution in [2.75, 3.05) is 30.7 Å². The lowest BCUT2D eigenvalue weighted by molar-refractivity contribution is -0.113. The van der Waals surface area contributed by atoms with E-state index in [1.807, 2.05) is 23.6 Å². The molecule has 0 radical (unpaired) electrons. The van der Waals surface area contributed by atoms with Crippen molar-refractivity contribution >= 4 is 35.0 Å². The fourth-order valence-electron chi connectivity index (χ4n) is 3.93. The Labute approximate surface area is 193 Å². The number of rotatable bonds is 10. The minimum Gasteiger partial charge on any atom is -0.325 e. The molecule has 0 saturated carbocycles. The number of benzene rings is 1. The molecule has 1 aliphatic rings. The lowest BCUT2D eigenvalue weighted by Gasteiger charge is -2.19. The molecule has 3 rings (SSSR count). The summed E-state index contributed by atoms with van der Waals surface area (Å²) in [7, 11) is 0. The number of carbonyl (C=O) groups excluding carboxylic acids is 1. The minimum absolute atomic E-state index is 0.137. The van der Waals surface area contributed by atoms with E-state index in [0.717, 1.165) is 62.1 Å². The van der Waals surface area contributed by atoms with Crippen LogP contribution in [0, 0.1) is 6.92 Å². The van der Waals surface area contributed by atoms with Crippen molar-refractivity contribution in [2.24, 2.45) is 0 Å². The summed E-state index contributed by atoms with van der Waals surface area (Å²) in [4.78, 5) is 31.8. The molecule has 1 heterocycles. The normalized spacial score (nSPS) is 12.9. The molecule has 0 spiro atoms. The average molecular weight is 463 g/mol. The van der Waals surface area contributed by atoms with Gasteiger partial charge in [-0.1, -0.05) is 43.3 Å². The Hall–Kier alpha value is -1.83. The van der Waals surface area contributed by atoms with Gasteiger partial charge in [0.05, 0.1) is 5.75 Å². The second kappa shape index (κ2) is 11.2. The second-order valence-electron chi connectivity index (χ2n) is 7.81. The molecule has 0 bridgehead atoms. The van der Waals surface area contributed by atoms with Gasteiger partial charge in [-0.3, -0.25) is 9.36 Å². The Morgan fingerprint density at radius 3 is 2.77 bits per heavy atom. The van der Waals surface area contributed by atoms with E-state index in [1.165, 1.54) is 11.8 Å². The molecule has 0 atom stereocenters. The number of nitrogens with zero attached hydrogens (tertiary/aromatic N) is 3. The molecule has 2 aromatic rings. The van der Waals surface area contributed by atoms with Crippen LogP contribution >= 0.6 is 23.4 Å². The molecule has 1 aromatic heterocycles. The smallest absolute Gasteiger partial charge is 0.325 e. The van der Waals surface area contributed by atoms with Gasteiger partial charge in [-0.25, -0.2) is 4.79 Å². The average Bonchev–Trinajstić information content (AvgIpc) is 3.24. The largest absolute Gasteiger partial charge is 0.348 e. The third-order valence-electron chi connectivity index (χ3n) is 5.75. The Balaban J connectivity index is 1.65. The molecule has 0 saturated heterocycles. The van der Waals surface area contributed by atoms with E-state index in [1.54, 1.807) is 6.07 Å². The molecule has 1 amide bonds. The van der Waals surface area contributed by atoms with Gasteiger partial charge < -0.3 is 10.2 Å². The zero-order valence-corrected chi connectivity index (χ0v) is 20.1. The fraction of sp³-hybridized carbons (Fsp3) is 0.522. The van der Waals surface area contributed by atoms with E-state index in [0.29, 0.717) is 22.3 Å². The van der Waals surface area contributed by atoms with Crippen molar-refractivity contribution in [3.05, 3.63) is 50.5 Å². The number of halogens is 1. The van der Waals surface area contributed by atoms with Crippen LogP contribution in [0.25, 0.3) is 0 Å². The van der Waals surface area contributed by atoms with E-state index in [9.17, 15) is 9.59 Å². The van der Waals surface area contributed by atoms with E-state index in [-0.39, 0.29) is 17.3 Å². The summed E-state index contributed by atoms with van der Waals surface area (Å²) in [5.41, 5.74) is 3.68. The number of anilines is 1. The third-order valence-corrected chi connectivity index (χ3v) is 7.17. The predicted octanol–water partition coefficient (Wildman–Crippen LogP) is 4.16. The molecule has 1 N–H and O–H groups in total. The van der Waals surface area contributed by atoms with Gasteiger partial charge in [0.1, 0.15) is 5.03 Å². The maximum Gasteiger partial charge on any atom is 0.348 e. The first-order valence-electron chi connectivity index (χ1n) is 11.0. The van der Waals surface area contributed by atoms with E-state index < -0.39 is 0 Å². The molecule has 0 unspecified atom stereocenters. The topological polar surface area (TPSA) is 67.2 Å². The first kappa shape index (κ1) is 23.8. The Morgan fingerprint density at radius 1 is 1.29 bits per heavy atom. The van der Waals surface area contributed by atoms with Crippen LogP contribution in [0.2, 0.25) is 5.02 Å². The molecule has 1 aliphatic carbocycles. The lowest BCUT2D eigenvalue weighted by Crippen LogP contribution is -2.30. The van der Waals surface area contributed by atoms with Crippen LogP contribution in [0.1, 0.15) is 43.5 Å². The maximum absolute atomic E-state index is 12.7. The summed E-state index contributed by atoms with van der Waals surface area (Å²) < 4.78 is 1.85. The summed E-state index contributed by atoms with van der Waals surface area (Å²) in [6.07, 6.45) is 3.78. The van der Waals surface area contributed by atoms with Gasteiger partial charge in [0.2, 0.25) is 5.91 Å². The predicted molar refractivity (Wildman–Crippen MR) is 128 cm³/mol. The number of aryl methyl sites for hydroxylation is 1. The second-order valence-corrected chi connectivity index (χ2v) is 9.18. The van der Waals surface area contributed by atoms with Crippen LogP contribution in [0.3, 0.4) is 0 Å². The van der Waals surface area contributed by atoms with Gasteiger partial charge in [0.15, 0.2) is 0 Å². The monoisotopic (exact) mass is 462 g/mol. The van der Waals surface area contributed by atoms with Crippen molar-refractivity contribution in [1.29, 1.82) is 0 Å². The Kier molecular flexibility index (Phi) is 8.58. The van der Waals surface area contributed by atoms with Crippen molar-refractivity contribution < 1.29 is 4.79 Å². The molecular weight excluding hydrogens is 432 g/mol. The molecule has 6 nitrogen and oxygen atoms in total. The zero-order chi connectivity index (χ0) is 22.4. The van der Waals surface area contributed by atoms with E-state index >= 15 is 0 Å². The first-order valence-corrected chi connectivity index (χ1v) is 12.3. The highest BCUT2D eigenvalue weighted by Crippen LogP contribution is 2.29. The Morgan fingerprint density at radius 2 is 2.06 bits per heavy atom. The number of aromatic nitrogens is 2. The van der Waals surface area contributed by atoms with Crippen molar-refractivity contribution in [3.63, 3.8) is 0 Å². The highest BCUT2D eigenvalue weighted by molar-refractivity contribution is 8.00. The van der Waals surface area contributed by atoms with Crippen molar-refractivity contribution in [2.45, 2.75) is 58.0 Å². The highest BCUT2D eigenvalue weighted by Gasteiger charge is 2.22. The van der Waals surface area contributed by atoms with E-state index in [4.69, 9.17) is 11.6 Å². The summed E-state index contributed by atoms with van der Waals surface area (Å²) in [6.45, 7) is 9.96. The zero-order valence-electron chi connectivity index (χ0n) is 18.5. The minimum atomic E-state index is -0.201. The van der Waals surface area contributed by atoms with Gasteiger partial charge in [0, 0.05) is 28.5 Å². The molecule has 8 heteroatoms. The van der Waals surface area contributed by atoms with Gasteiger partial charge in [-0.15, -0.1) is 0 Å². The van der Waals surface area contributed by atoms with Crippen molar-refractivity contribution in [3.8, 4) is 0 Å². The van der Waals surface area contributed by atoms with Gasteiger partial charge >= 0.3 is 5.69 Å². The highest BCUT2D eigenvalue weighted by atomic mass is 35.5. The third kappa shape index (κ3) is 6.11. The van der Waals surface area contributed by atoms with Crippen LogP contribution in [0.4, 0.5) is 5.69 Å². The van der Waals surface area contributed by atoms with Crippen LogP contribution in [-0.4, -0.2) is 45.7 Å². The lowest BCUT2D eigenvalue weighted by atomic mass is 10.2. The van der Waals surface area contributed by atoms with Crippen molar-refractivity contribution in [1.82, 2.24) is 14.5 Å². The standard InChI is InChI=1S/C23H31ClN4O2S/c1-4-27(5-2)12-7-13-28-20-9-6-8-18(20)22(26-23(28)30)31-15-21(29)25-17-11-10-16(3)19(24)14-17/h10-11,14H,4-9,12-13,15H2,1-3H3,(H,25,29). The first-order chi connectivity index (χ1) is 14.9. The number of thioether (sulfide) groups is 1. The van der Waals surface area contributed by atoms with Crippen LogP contribution < -0.4 is 11.0 Å². The molecule has 0 fully saturated rings. The van der Waals surface area contributed by atoms with Crippen LogP contribution in [0.5, 0.6) is 0 Å². The number of hydrogen-bond donors (Lipinski definition) is 1. The number of hydrogen-bond acceptors (Lipinski definition) is 5. The van der Waals surface area contributed by atoms with Gasteiger partial charge in [-0.05, 0) is 69.9 Å². The molecule has 168 valence electrons. The molecule has 0 aliphatic heterocycles. The number of nitrogens with one attached hydrogen (secondary N) is 1. The number of amides is 1. The SMILES string of the molecule is CCN(CC)CCCn1c2c(c(SCC(=O)Nc3ccc(C)c(Cl)c3)nc1=O)CCC2. The Bertz CT molecular complexity index is 988. The molecule has 31 heavy (non-hydrogen) atoms. The summed E-state index contributed by atoms with van der Waals surface area (Å²) >= 11 is 7.47. The summed E-state index contributed by atoms with van der Waals surface area (Å²) in [5.74, 6) is 0.0676. The number of fused-ring (bicyclic) bond motifs is 1. The maximum atomic E-state index is 12.7. The number of carbonyl (C=O) groups is 1. The quantitative estimate of drug-likeness (QED) is 0.424. The van der Waals surface area contributed by atoms with Crippen LogP contribution in [-0.2, 0) is 24.2 Å². The van der Waals surface area contributed by atoms with Gasteiger partial charge in [-0.2, -0.15) is 4.98 Å².